The number of nitrogens with one attached hydrogen (secondary N) is 2. The fourth-order valence-electron chi connectivity index (χ4n) is 2.05. The minimum Gasteiger partial charge on any atom is -0.495 e. The van der Waals surface area contributed by atoms with E-state index in [1.165, 1.54) is 0 Å². The monoisotopic (exact) mass is 318 g/mol. The summed E-state index contributed by atoms with van der Waals surface area (Å²) in [4.78, 5) is 12.0. The average molecular weight is 319 g/mol. The third-order valence-electron chi connectivity index (χ3n) is 3.30. The molecule has 0 aliphatic rings. The maximum absolute atomic E-state index is 12.0. The van der Waals surface area contributed by atoms with Crippen LogP contribution in [0.5, 0.6) is 5.75 Å². The quantitative estimate of drug-likeness (QED) is 0.855. The molecule has 0 aromatic heterocycles. The van der Waals surface area contributed by atoms with Gasteiger partial charge in [0.05, 0.1) is 18.7 Å². The second-order valence-corrected chi connectivity index (χ2v) is 5.32. The Hall–Kier alpha value is -2.04. The van der Waals surface area contributed by atoms with E-state index in [0.717, 1.165) is 5.56 Å². The molecule has 2 rings (SSSR count). The molecule has 4 nitrogen and oxygen atoms in total. The number of carbonyl (C=O) groups excluding carboxylic acids is 1. The third-order valence-corrected chi connectivity index (χ3v) is 3.60. The Balaban J connectivity index is 1.87. The molecule has 2 aromatic carbocycles. The summed E-state index contributed by atoms with van der Waals surface area (Å²) in [6.45, 7) is 2.24. The van der Waals surface area contributed by atoms with E-state index in [2.05, 4.69) is 10.6 Å². The highest BCUT2D eigenvalue weighted by Gasteiger charge is 2.08. The Morgan fingerprint density at radius 1 is 1.23 bits per heavy atom. The number of hydrogen-bond acceptors (Lipinski definition) is 3. The van der Waals surface area contributed by atoms with Gasteiger partial charge >= 0.3 is 0 Å². The lowest BCUT2D eigenvalue weighted by atomic mass is 10.1. The zero-order valence-corrected chi connectivity index (χ0v) is 13.4. The summed E-state index contributed by atoms with van der Waals surface area (Å²) in [5.41, 5.74) is 1.78. The number of hydrogen-bond donors (Lipinski definition) is 2. The van der Waals surface area contributed by atoms with Crippen LogP contribution in [0.2, 0.25) is 5.02 Å². The number of benzene rings is 2. The van der Waals surface area contributed by atoms with Gasteiger partial charge in [0.1, 0.15) is 5.75 Å². The molecule has 0 saturated carbocycles. The average Bonchev–Trinajstić information content (AvgIpc) is 2.53. The van der Waals surface area contributed by atoms with Crippen LogP contribution >= 0.6 is 11.6 Å². The molecular weight excluding hydrogens is 300 g/mol. The summed E-state index contributed by atoms with van der Waals surface area (Å²) in [6.07, 6.45) is 0. The van der Waals surface area contributed by atoms with Crippen LogP contribution in [-0.2, 0) is 4.79 Å². The number of anilines is 1. The smallest absolute Gasteiger partial charge is 0.238 e. The van der Waals surface area contributed by atoms with Crippen molar-refractivity contribution in [2.75, 3.05) is 19.0 Å². The molecule has 0 spiro atoms. The molecule has 1 amide bonds. The summed E-state index contributed by atoms with van der Waals surface area (Å²) in [7, 11) is 1.55. The largest absolute Gasteiger partial charge is 0.495 e. The second kappa shape index (κ2) is 7.82. The van der Waals surface area contributed by atoms with Crippen LogP contribution in [0.15, 0.2) is 48.5 Å². The van der Waals surface area contributed by atoms with Gasteiger partial charge in [-0.2, -0.15) is 0 Å². The molecule has 0 unspecified atom stereocenters. The Morgan fingerprint density at radius 3 is 2.59 bits per heavy atom. The highest BCUT2D eigenvalue weighted by Crippen LogP contribution is 2.27. The number of methoxy groups -OCH3 is 1. The van der Waals surface area contributed by atoms with E-state index in [1.807, 2.05) is 37.3 Å². The summed E-state index contributed by atoms with van der Waals surface area (Å²) in [6, 6.07) is 15.2. The molecule has 0 fully saturated rings. The zero-order valence-electron chi connectivity index (χ0n) is 12.6. The van der Waals surface area contributed by atoms with Crippen LogP contribution in [0.1, 0.15) is 18.5 Å². The highest BCUT2D eigenvalue weighted by molar-refractivity contribution is 6.32. The molecule has 0 radical (unpaired) electrons. The molecule has 2 aromatic rings. The number of rotatable bonds is 6. The van der Waals surface area contributed by atoms with Gasteiger partial charge in [0, 0.05) is 11.7 Å². The first-order valence-electron chi connectivity index (χ1n) is 7.02. The van der Waals surface area contributed by atoms with E-state index in [-0.39, 0.29) is 18.5 Å². The van der Waals surface area contributed by atoms with E-state index >= 15 is 0 Å². The van der Waals surface area contributed by atoms with Gasteiger partial charge in [-0.15, -0.1) is 0 Å². The van der Waals surface area contributed by atoms with E-state index < -0.39 is 0 Å². The molecule has 0 heterocycles. The Bertz CT molecular complexity index is 632. The van der Waals surface area contributed by atoms with Crippen molar-refractivity contribution < 1.29 is 9.53 Å². The van der Waals surface area contributed by atoms with Crippen LogP contribution < -0.4 is 15.4 Å². The van der Waals surface area contributed by atoms with Gasteiger partial charge in [0.2, 0.25) is 5.91 Å². The SMILES string of the molecule is COc1ccc(NC(=O)CN[C@H](C)c2ccccc2)cc1Cl. The molecule has 1 atom stereocenters. The fourth-order valence-corrected chi connectivity index (χ4v) is 2.31. The van der Waals surface area contributed by atoms with Crippen molar-refractivity contribution in [3.8, 4) is 5.75 Å². The van der Waals surface area contributed by atoms with Crippen LogP contribution in [0.25, 0.3) is 0 Å². The van der Waals surface area contributed by atoms with Crippen LogP contribution in [0.3, 0.4) is 0 Å². The first kappa shape index (κ1) is 16.3. The Kier molecular flexibility index (Phi) is 5.81. The summed E-state index contributed by atoms with van der Waals surface area (Å²) < 4.78 is 5.08. The zero-order chi connectivity index (χ0) is 15.9. The molecule has 22 heavy (non-hydrogen) atoms. The van der Waals surface area contributed by atoms with Crippen LogP contribution in [0.4, 0.5) is 5.69 Å². The lowest BCUT2D eigenvalue weighted by Gasteiger charge is -2.14. The van der Waals surface area contributed by atoms with E-state index in [4.69, 9.17) is 16.3 Å². The summed E-state index contributed by atoms with van der Waals surface area (Å²) >= 11 is 6.03. The number of amides is 1. The fraction of sp³-hybridized carbons (Fsp3) is 0.235. The van der Waals surface area contributed by atoms with Crippen LogP contribution in [-0.4, -0.2) is 19.6 Å². The molecule has 0 aliphatic carbocycles. The molecule has 5 heteroatoms. The van der Waals surface area contributed by atoms with E-state index in [0.29, 0.717) is 16.5 Å². The predicted octanol–water partition coefficient (Wildman–Crippen LogP) is 3.64. The van der Waals surface area contributed by atoms with Crippen molar-refractivity contribution in [3.63, 3.8) is 0 Å². The van der Waals surface area contributed by atoms with Gasteiger partial charge in [-0.1, -0.05) is 41.9 Å². The number of carbonyl (C=O) groups is 1. The van der Waals surface area contributed by atoms with E-state index in [1.54, 1.807) is 25.3 Å². The lowest BCUT2D eigenvalue weighted by molar-refractivity contribution is -0.115. The van der Waals surface area contributed by atoms with E-state index in [9.17, 15) is 4.79 Å². The van der Waals surface area contributed by atoms with Gasteiger partial charge in [-0.3, -0.25) is 4.79 Å². The van der Waals surface area contributed by atoms with Crippen molar-refractivity contribution in [3.05, 3.63) is 59.1 Å². The Labute approximate surface area is 135 Å². The Morgan fingerprint density at radius 2 is 1.95 bits per heavy atom. The normalized spacial score (nSPS) is 11.8. The van der Waals surface area contributed by atoms with Gasteiger partial charge in [-0.05, 0) is 30.7 Å². The molecule has 0 bridgehead atoms. The van der Waals surface area contributed by atoms with Crippen molar-refractivity contribution in [2.24, 2.45) is 0 Å². The molecule has 2 N–H and O–H groups in total. The topological polar surface area (TPSA) is 50.4 Å². The summed E-state index contributed by atoms with van der Waals surface area (Å²) in [5, 5.41) is 6.45. The van der Waals surface area contributed by atoms with Crippen molar-refractivity contribution in [1.82, 2.24) is 5.32 Å². The standard InChI is InChI=1S/C17H19ClN2O2/c1-12(13-6-4-3-5-7-13)19-11-17(21)20-14-8-9-16(22-2)15(18)10-14/h3-10,12,19H,11H2,1-2H3,(H,20,21)/t12-/m1/s1. The maximum Gasteiger partial charge on any atom is 0.238 e. The number of ether oxygens (including phenoxy) is 1. The molecule has 116 valence electrons. The highest BCUT2D eigenvalue weighted by atomic mass is 35.5. The second-order valence-electron chi connectivity index (χ2n) is 4.91. The van der Waals surface area contributed by atoms with Crippen LogP contribution in [0, 0.1) is 0 Å². The number of halogens is 1. The van der Waals surface area contributed by atoms with Crippen molar-refractivity contribution in [1.29, 1.82) is 0 Å². The van der Waals surface area contributed by atoms with Crippen molar-refractivity contribution >= 4 is 23.2 Å². The first-order chi connectivity index (χ1) is 10.6. The molecule has 0 aliphatic heterocycles. The van der Waals surface area contributed by atoms with Crippen molar-refractivity contribution in [2.45, 2.75) is 13.0 Å². The van der Waals surface area contributed by atoms with Gasteiger partial charge in [0.15, 0.2) is 0 Å². The maximum atomic E-state index is 12.0. The lowest BCUT2D eigenvalue weighted by Crippen LogP contribution is -2.30. The minimum absolute atomic E-state index is 0.103. The van der Waals surface area contributed by atoms with Gasteiger partial charge < -0.3 is 15.4 Å². The third kappa shape index (κ3) is 4.48. The first-order valence-corrected chi connectivity index (χ1v) is 7.39. The summed E-state index contributed by atoms with van der Waals surface area (Å²) in [5.74, 6) is 0.458. The minimum atomic E-state index is -0.121. The molecular formula is C17H19ClN2O2. The van der Waals surface area contributed by atoms with Gasteiger partial charge in [-0.25, -0.2) is 0 Å². The molecule has 0 saturated heterocycles. The predicted molar refractivity (Wildman–Crippen MR) is 89.5 cm³/mol. The van der Waals surface area contributed by atoms with Gasteiger partial charge in [0.25, 0.3) is 0 Å².